The van der Waals surface area contributed by atoms with Crippen molar-refractivity contribution >= 4 is 39.8 Å². The lowest BCUT2D eigenvalue weighted by Gasteiger charge is -2.20. The molecule has 196 valence electrons. The topological polar surface area (TPSA) is 110 Å². The van der Waals surface area contributed by atoms with Crippen molar-refractivity contribution in [3.63, 3.8) is 0 Å². The molecule has 4 aromatic rings. The highest BCUT2D eigenvalue weighted by molar-refractivity contribution is 6.32. The van der Waals surface area contributed by atoms with Crippen LogP contribution in [0, 0.1) is 0 Å². The maximum Gasteiger partial charge on any atom is 0.186 e. The molecule has 10 heteroatoms. The number of hydrogen-bond acceptors (Lipinski definition) is 9. The second-order valence-corrected chi connectivity index (χ2v) is 9.56. The summed E-state index contributed by atoms with van der Waals surface area (Å²) in [5.74, 6) is 1.49. The first-order chi connectivity index (χ1) is 18.5. The molecule has 3 heterocycles. The molecule has 2 N–H and O–H groups in total. The number of pyridine rings is 1. The smallest absolute Gasteiger partial charge is 0.186 e. The van der Waals surface area contributed by atoms with Gasteiger partial charge in [0.05, 0.1) is 34.3 Å². The molecule has 0 aliphatic carbocycles. The zero-order valence-corrected chi connectivity index (χ0v) is 21.6. The van der Waals surface area contributed by atoms with Gasteiger partial charge in [0.1, 0.15) is 30.3 Å². The number of nitrogens with zero attached hydrogens (tertiary/aromatic N) is 4. The van der Waals surface area contributed by atoms with Gasteiger partial charge < -0.3 is 19.9 Å². The first-order valence-electron chi connectivity index (χ1n) is 12.4. The Morgan fingerprint density at radius 1 is 1.16 bits per heavy atom. The fourth-order valence-corrected chi connectivity index (χ4v) is 4.54. The molecule has 2 aromatic heterocycles. The van der Waals surface area contributed by atoms with Crippen molar-refractivity contribution in [2.45, 2.75) is 32.2 Å². The van der Waals surface area contributed by atoms with Gasteiger partial charge in [0.15, 0.2) is 11.9 Å². The zero-order chi connectivity index (χ0) is 26.5. The van der Waals surface area contributed by atoms with Gasteiger partial charge in [0.2, 0.25) is 0 Å². The van der Waals surface area contributed by atoms with Crippen molar-refractivity contribution in [3.05, 3.63) is 77.8 Å². The Balaban J connectivity index is 1.31. The van der Waals surface area contributed by atoms with E-state index < -0.39 is 6.10 Å². The number of rotatable bonds is 10. The van der Waals surface area contributed by atoms with Crippen LogP contribution in [0.15, 0.2) is 67.1 Å². The lowest BCUT2D eigenvalue weighted by atomic mass is 10.2. The van der Waals surface area contributed by atoms with E-state index in [1.54, 1.807) is 31.3 Å². The Hall–Kier alpha value is -3.79. The van der Waals surface area contributed by atoms with Crippen molar-refractivity contribution in [1.29, 1.82) is 0 Å². The van der Waals surface area contributed by atoms with Gasteiger partial charge in [-0.15, -0.1) is 0 Å². The SMILES string of the molecule is C[C@@H](Oc1cccc2ncnc(Nc3ccc(OCc4ccccn4)c(Cl)c3)c12)C(=O)CN1CCC(O)C1. The predicted octanol–water partition coefficient (Wildman–Crippen LogP) is 4.40. The van der Waals surface area contributed by atoms with Crippen molar-refractivity contribution in [3.8, 4) is 11.5 Å². The molecule has 0 spiro atoms. The monoisotopic (exact) mass is 533 g/mol. The Kier molecular flexibility index (Phi) is 7.97. The number of Topliss-reactive ketones (excluding diaryl/α,β-unsaturated/α-hetero) is 1. The summed E-state index contributed by atoms with van der Waals surface area (Å²) < 4.78 is 11.9. The van der Waals surface area contributed by atoms with Gasteiger partial charge in [0, 0.05) is 25.0 Å². The maximum absolute atomic E-state index is 12.8. The minimum absolute atomic E-state index is 0.0597. The summed E-state index contributed by atoms with van der Waals surface area (Å²) in [5, 5.41) is 14.1. The second kappa shape index (κ2) is 11.7. The fraction of sp³-hybridized carbons (Fsp3) is 0.286. The van der Waals surface area contributed by atoms with E-state index in [0.29, 0.717) is 65.0 Å². The van der Waals surface area contributed by atoms with Gasteiger partial charge in [-0.1, -0.05) is 23.7 Å². The summed E-state index contributed by atoms with van der Waals surface area (Å²) in [5.41, 5.74) is 2.17. The minimum atomic E-state index is -0.684. The molecule has 0 radical (unpaired) electrons. The molecular weight excluding hydrogens is 506 g/mol. The number of nitrogens with one attached hydrogen (secondary N) is 1. The molecule has 38 heavy (non-hydrogen) atoms. The standard InChI is InChI=1S/C28H28ClN5O4/c1-18(24(36)15-34-12-10-21(35)14-34)38-26-7-4-6-23-27(26)28(32-17-31-23)33-19-8-9-25(22(29)13-19)37-16-20-5-2-3-11-30-20/h2-9,11,13,17-18,21,35H,10,12,14-16H2,1H3,(H,31,32,33)/t18-,21?/m1/s1. The lowest BCUT2D eigenvalue weighted by Crippen LogP contribution is -2.36. The van der Waals surface area contributed by atoms with Crippen LogP contribution >= 0.6 is 11.6 Å². The van der Waals surface area contributed by atoms with Gasteiger partial charge in [-0.3, -0.25) is 14.7 Å². The van der Waals surface area contributed by atoms with E-state index in [2.05, 4.69) is 20.3 Å². The molecule has 2 atom stereocenters. The summed E-state index contributed by atoms with van der Waals surface area (Å²) in [6, 6.07) is 16.5. The Morgan fingerprint density at radius 3 is 2.82 bits per heavy atom. The molecule has 9 nitrogen and oxygen atoms in total. The number of fused-ring (bicyclic) bond motifs is 1. The number of hydrogen-bond donors (Lipinski definition) is 2. The number of aromatic nitrogens is 3. The number of halogens is 1. The van der Waals surface area contributed by atoms with E-state index in [1.165, 1.54) is 6.33 Å². The Bertz CT molecular complexity index is 1420. The van der Waals surface area contributed by atoms with Crippen LogP contribution in [0.25, 0.3) is 10.9 Å². The number of aliphatic hydroxyl groups is 1. The predicted molar refractivity (Wildman–Crippen MR) is 145 cm³/mol. The highest BCUT2D eigenvalue weighted by Crippen LogP contribution is 2.34. The van der Waals surface area contributed by atoms with E-state index in [-0.39, 0.29) is 18.4 Å². The average molecular weight is 534 g/mol. The molecular formula is C28H28ClN5O4. The van der Waals surface area contributed by atoms with Crippen LogP contribution in [0.1, 0.15) is 19.0 Å². The average Bonchev–Trinajstić information content (AvgIpc) is 3.33. The second-order valence-electron chi connectivity index (χ2n) is 9.16. The third-order valence-corrected chi connectivity index (χ3v) is 6.60. The number of likely N-dealkylation sites (tertiary alicyclic amines) is 1. The molecule has 1 aliphatic rings. The van der Waals surface area contributed by atoms with Gasteiger partial charge >= 0.3 is 0 Å². The van der Waals surface area contributed by atoms with Gasteiger partial charge in [0.25, 0.3) is 0 Å². The third-order valence-electron chi connectivity index (χ3n) is 6.31. The van der Waals surface area contributed by atoms with Crippen LogP contribution in [0.3, 0.4) is 0 Å². The van der Waals surface area contributed by atoms with E-state index in [9.17, 15) is 9.90 Å². The van der Waals surface area contributed by atoms with Crippen LogP contribution in [0.2, 0.25) is 5.02 Å². The minimum Gasteiger partial charge on any atom is -0.486 e. The fourth-order valence-electron chi connectivity index (χ4n) is 4.30. The van der Waals surface area contributed by atoms with Crippen molar-refractivity contribution < 1.29 is 19.4 Å². The van der Waals surface area contributed by atoms with Crippen LogP contribution < -0.4 is 14.8 Å². The molecule has 5 rings (SSSR count). The van der Waals surface area contributed by atoms with E-state index in [1.807, 2.05) is 41.3 Å². The largest absolute Gasteiger partial charge is 0.486 e. The Labute approximate surface area is 225 Å². The van der Waals surface area contributed by atoms with Crippen molar-refractivity contribution in [2.75, 3.05) is 25.0 Å². The molecule has 0 amide bonds. The zero-order valence-electron chi connectivity index (χ0n) is 20.9. The molecule has 0 bridgehead atoms. The van der Waals surface area contributed by atoms with Crippen LogP contribution in [0.5, 0.6) is 11.5 Å². The normalized spacial score (nSPS) is 16.3. The number of ketones is 1. The number of benzene rings is 2. The summed E-state index contributed by atoms with van der Waals surface area (Å²) in [6.07, 6.45) is 2.80. The first kappa shape index (κ1) is 25.8. The van der Waals surface area contributed by atoms with Gasteiger partial charge in [-0.05, 0) is 55.8 Å². The number of β-amino-alcohol motifs (C(OH)–C–C–N with tert-alkyl or cyclic N) is 1. The molecule has 2 aromatic carbocycles. The van der Waals surface area contributed by atoms with E-state index in [4.69, 9.17) is 21.1 Å². The Morgan fingerprint density at radius 2 is 2.05 bits per heavy atom. The quantitative estimate of drug-likeness (QED) is 0.306. The number of carbonyl (C=O) groups is 1. The number of anilines is 2. The first-order valence-corrected chi connectivity index (χ1v) is 12.8. The van der Waals surface area contributed by atoms with Gasteiger partial charge in [-0.25, -0.2) is 9.97 Å². The van der Waals surface area contributed by atoms with Crippen molar-refractivity contribution in [1.82, 2.24) is 19.9 Å². The number of ether oxygens (including phenoxy) is 2. The molecule has 1 saturated heterocycles. The summed E-state index contributed by atoms with van der Waals surface area (Å²) >= 11 is 6.49. The van der Waals surface area contributed by atoms with Crippen molar-refractivity contribution in [2.24, 2.45) is 0 Å². The van der Waals surface area contributed by atoms with E-state index >= 15 is 0 Å². The summed E-state index contributed by atoms with van der Waals surface area (Å²) in [7, 11) is 0. The number of aliphatic hydroxyl groups excluding tert-OH is 1. The van der Waals surface area contributed by atoms with Crippen LogP contribution in [-0.4, -0.2) is 62.6 Å². The number of carbonyl (C=O) groups excluding carboxylic acids is 1. The highest BCUT2D eigenvalue weighted by atomic mass is 35.5. The van der Waals surface area contributed by atoms with Crippen LogP contribution in [-0.2, 0) is 11.4 Å². The summed E-state index contributed by atoms with van der Waals surface area (Å²) in [6.45, 7) is 3.47. The van der Waals surface area contributed by atoms with Gasteiger partial charge in [-0.2, -0.15) is 0 Å². The molecule has 0 saturated carbocycles. The lowest BCUT2D eigenvalue weighted by molar-refractivity contribution is -0.126. The maximum atomic E-state index is 12.8. The third kappa shape index (κ3) is 6.19. The highest BCUT2D eigenvalue weighted by Gasteiger charge is 2.25. The molecule has 1 aliphatic heterocycles. The molecule has 1 unspecified atom stereocenters. The summed E-state index contributed by atoms with van der Waals surface area (Å²) in [4.78, 5) is 27.8. The molecule has 1 fully saturated rings. The van der Waals surface area contributed by atoms with Crippen LogP contribution in [0.4, 0.5) is 11.5 Å². The van der Waals surface area contributed by atoms with E-state index in [0.717, 1.165) is 5.69 Å².